The van der Waals surface area contributed by atoms with Gasteiger partial charge in [0.1, 0.15) is 12.4 Å². The molecule has 0 saturated carbocycles. The Hall–Kier alpha value is -2.26. The molecule has 0 aliphatic rings. The first-order valence-electron chi connectivity index (χ1n) is 6.22. The van der Waals surface area contributed by atoms with Crippen LogP contribution in [0.25, 0.3) is 10.9 Å². The Balaban J connectivity index is 1.95. The number of aromatic amines is 1. The zero-order chi connectivity index (χ0) is 13.9. The van der Waals surface area contributed by atoms with Crippen LogP contribution in [-0.2, 0) is 6.61 Å². The largest absolute Gasteiger partial charge is 0.487 e. The predicted octanol–water partition coefficient (Wildman–Crippen LogP) is 3.76. The van der Waals surface area contributed by atoms with Crippen molar-refractivity contribution in [2.75, 3.05) is 0 Å². The van der Waals surface area contributed by atoms with Gasteiger partial charge in [-0.25, -0.2) is 0 Å². The van der Waals surface area contributed by atoms with Crippen LogP contribution < -0.4 is 10.3 Å². The fraction of sp³-hybridized carbons (Fsp3) is 0.0625. The van der Waals surface area contributed by atoms with E-state index in [1.54, 1.807) is 18.2 Å². The second kappa shape index (κ2) is 5.39. The average molecular weight is 286 g/mol. The molecule has 0 unspecified atom stereocenters. The number of benzene rings is 2. The van der Waals surface area contributed by atoms with Crippen LogP contribution in [0.15, 0.2) is 59.4 Å². The molecule has 1 heterocycles. The van der Waals surface area contributed by atoms with E-state index >= 15 is 0 Å². The van der Waals surface area contributed by atoms with Crippen molar-refractivity contribution in [2.24, 2.45) is 0 Å². The van der Waals surface area contributed by atoms with Crippen LogP contribution in [0.1, 0.15) is 5.56 Å². The van der Waals surface area contributed by atoms with E-state index < -0.39 is 0 Å². The van der Waals surface area contributed by atoms with Gasteiger partial charge in [0.2, 0.25) is 5.56 Å². The summed E-state index contributed by atoms with van der Waals surface area (Å²) in [6.45, 7) is 0.300. The molecule has 0 aliphatic heterocycles. The Kier molecular flexibility index (Phi) is 3.44. The SMILES string of the molecule is O=c1cc(COc2ccccc2Cl)c2ccccc2[nH]1. The van der Waals surface area contributed by atoms with E-state index in [-0.39, 0.29) is 5.56 Å². The minimum absolute atomic E-state index is 0.138. The minimum atomic E-state index is -0.138. The van der Waals surface area contributed by atoms with E-state index in [1.165, 1.54) is 0 Å². The lowest BCUT2D eigenvalue weighted by Gasteiger charge is -2.09. The predicted molar refractivity (Wildman–Crippen MR) is 80.4 cm³/mol. The van der Waals surface area contributed by atoms with E-state index in [1.807, 2.05) is 36.4 Å². The van der Waals surface area contributed by atoms with E-state index in [2.05, 4.69) is 4.98 Å². The first-order valence-corrected chi connectivity index (χ1v) is 6.60. The maximum Gasteiger partial charge on any atom is 0.248 e. The van der Waals surface area contributed by atoms with Crippen molar-refractivity contribution in [1.82, 2.24) is 4.98 Å². The van der Waals surface area contributed by atoms with Crippen molar-refractivity contribution in [1.29, 1.82) is 0 Å². The lowest BCUT2D eigenvalue weighted by atomic mass is 10.1. The summed E-state index contributed by atoms with van der Waals surface area (Å²) in [7, 11) is 0. The molecule has 100 valence electrons. The maximum atomic E-state index is 11.6. The molecule has 1 N–H and O–H groups in total. The van der Waals surface area contributed by atoms with Crippen LogP contribution in [0.4, 0.5) is 0 Å². The van der Waals surface area contributed by atoms with Gasteiger partial charge in [0.25, 0.3) is 0 Å². The van der Waals surface area contributed by atoms with Crippen LogP contribution in [0.5, 0.6) is 5.75 Å². The molecule has 0 bridgehead atoms. The summed E-state index contributed by atoms with van der Waals surface area (Å²) in [5, 5.41) is 1.53. The van der Waals surface area contributed by atoms with Crippen molar-refractivity contribution in [3.63, 3.8) is 0 Å². The first-order chi connectivity index (χ1) is 9.74. The number of nitrogens with one attached hydrogen (secondary N) is 1. The van der Waals surface area contributed by atoms with Crippen LogP contribution in [0.2, 0.25) is 5.02 Å². The summed E-state index contributed by atoms with van der Waals surface area (Å²) in [5.74, 6) is 0.610. The Labute approximate surface area is 120 Å². The summed E-state index contributed by atoms with van der Waals surface area (Å²) in [6, 6.07) is 16.5. The fourth-order valence-corrected chi connectivity index (χ4v) is 2.30. The first kappa shape index (κ1) is 12.8. The summed E-state index contributed by atoms with van der Waals surface area (Å²) in [6.07, 6.45) is 0. The summed E-state index contributed by atoms with van der Waals surface area (Å²) in [4.78, 5) is 14.4. The van der Waals surface area contributed by atoms with Gasteiger partial charge in [-0.3, -0.25) is 4.79 Å². The molecule has 4 heteroatoms. The highest BCUT2D eigenvalue weighted by atomic mass is 35.5. The van der Waals surface area contributed by atoms with Gasteiger partial charge < -0.3 is 9.72 Å². The van der Waals surface area contributed by atoms with Gasteiger partial charge in [-0.1, -0.05) is 41.9 Å². The third-order valence-electron chi connectivity index (χ3n) is 3.06. The van der Waals surface area contributed by atoms with E-state index in [0.29, 0.717) is 17.4 Å². The number of fused-ring (bicyclic) bond motifs is 1. The molecule has 0 saturated heterocycles. The van der Waals surface area contributed by atoms with Crippen molar-refractivity contribution in [3.8, 4) is 5.75 Å². The molecule has 0 amide bonds. The Morgan fingerprint density at radius 1 is 1.05 bits per heavy atom. The highest BCUT2D eigenvalue weighted by Gasteiger charge is 2.05. The van der Waals surface area contributed by atoms with Gasteiger partial charge in [-0.15, -0.1) is 0 Å². The molecule has 2 aromatic carbocycles. The third kappa shape index (κ3) is 2.53. The van der Waals surface area contributed by atoms with E-state index in [9.17, 15) is 4.79 Å². The number of pyridine rings is 1. The van der Waals surface area contributed by atoms with Gasteiger partial charge >= 0.3 is 0 Å². The van der Waals surface area contributed by atoms with Gasteiger partial charge in [0.15, 0.2) is 0 Å². The highest BCUT2D eigenvalue weighted by Crippen LogP contribution is 2.25. The number of hydrogen-bond acceptors (Lipinski definition) is 2. The van der Waals surface area contributed by atoms with Crippen molar-refractivity contribution in [2.45, 2.75) is 6.61 Å². The zero-order valence-electron chi connectivity index (χ0n) is 10.6. The Morgan fingerprint density at radius 2 is 1.80 bits per heavy atom. The molecule has 3 nitrogen and oxygen atoms in total. The van der Waals surface area contributed by atoms with E-state index in [0.717, 1.165) is 16.5 Å². The molecule has 0 atom stereocenters. The average Bonchev–Trinajstić information content (AvgIpc) is 2.46. The molecule has 3 rings (SSSR count). The van der Waals surface area contributed by atoms with Crippen LogP contribution >= 0.6 is 11.6 Å². The van der Waals surface area contributed by atoms with Gasteiger partial charge in [0.05, 0.1) is 5.02 Å². The van der Waals surface area contributed by atoms with Gasteiger partial charge in [-0.05, 0) is 18.2 Å². The van der Waals surface area contributed by atoms with E-state index in [4.69, 9.17) is 16.3 Å². The normalized spacial score (nSPS) is 10.7. The Bertz CT molecular complexity index is 811. The maximum absolute atomic E-state index is 11.6. The lowest BCUT2D eigenvalue weighted by molar-refractivity contribution is 0.307. The fourth-order valence-electron chi connectivity index (χ4n) is 2.11. The Morgan fingerprint density at radius 3 is 2.65 bits per heavy atom. The monoisotopic (exact) mass is 285 g/mol. The molecule has 0 spiro atoms. The number of halogens is 1. The number of para-hydroxylation sites is 2. The van der Waals surface area contributed by atoms with Crippen LogP contribution in [0.3, 0.4) is 0 Å². The van der Waals surface area contributed by atoms with Crippen molar-refractivity contribution in [3.05, 3.63) is 75.5 Å². The quantitative estimate of drug-likeness (QED) is 0.796. The standard InChI is InChI=1S/C16H12ClNO2/c17-13-6-2-4-8-15(13)20-10-11-9-16(19)18-14-7-3-1-5-12(11)14/h1-9H,10H2,(H,18,19). The molecular weight excluding hydrogens is 274 g/mol. The summed E-state index contributed by atoms with van der Waals surface area (Å²) < 4.78 is 5.70. The van der Waals surface area contributed by atoms with Crippen LogP contribution in [-0.4, -0.2) is 4.98 Å². The molecule has 0 radical (unpaired) electrons. The lowest BCUT2D eigenvalue weighted by Crippen LogP contribution is -2.08. The molecule has 1 aromatic heterocycles. The molecular formula is C16H12ClNO2. The van der Waals surface area contributed by atoms with Gasteiger partial charge in [-0.2, -0.15) is 0 Å². The highest BCUT2D eigenvalue weighted by molar-refractivity contribution is 6.32. The summed E-state index contributed by atoms with van der Waals surface area (Å²) >= 11 is 6.05. The number of aromatic nitrogens is 1. The smallest absolute Gasteiger partial charge is 0.248 e. The molecule has 0 aliphatic carbocycles. The summed E-state index contributed by atoms with van der Waals surface area (Å²) in [5.41, 5.74) is 1.50. The van der Waals surface area contributed by atoms with Crippen molar-refractivity contribution < 1.29 is 4.74 Å². The minimum Gasteiger partial charge on any atom is -0.487 e. The second-order valence-corrected chi connectivity index (χ2v) is 4.83. The molecule has 3 aromatic rings. The van der Waals surface area contributed by atoms with Gasteiger partial charge in [0, 0.05) is 22.5 Å². The number of hydrogen-bond donors (Lipinski definition) is 1. The zero-order valence-corrected chi connectivity index (χ0v) is 11.4. The third-order valence-corrected chi connectivity index (χ3v) is 3.37. The number of ether oxygens (including phenoxy) is 1. The number of H-pyrrole nitrogens is 1. The van der Waals surface area contributed by atoms with Crippen molar-refractivity contribution >= 4 is 22.5 Å². The van der Waals surface area contributed by atoms with Crippen LogP contribution in [0, 0.1) is 0 Å². The molecule has 0 fully saturated rings. The molecule has 20 heavy (non-hydrogen) atoms. The number of rotatable bonds is 3. The second-order valence-electron chi connectivity index (χ2n) is 4.42. The topological polar surface area (TPSA) is 42.1 Å².